The summed E-state index contributed by atoms with van der Waals surface area (Å²) in [4.78, 5) is 7.02. The molecule has 17 heavy (non-hydrogen) atoms. The molecule has 2 heterocycles. The molecule has 2 unspecified atom stereocenters. The van der Waals surface area contributed by atoms with E-state index in [2.05, 4.69) is 49.7 Å². The van der Waals surface area contributed by atoms with Gasteiger partial charge in [0, 0.05) is 24.3 Å². The highest BCUT2D eigenvalue weighted by molar-refractivity contribution is 5.18. The third-order valence-electron chi connectivity index (χ3n) is 3.54. The Bertz CT molecular complexity index is 377. The quantitative estimate of drug-likeness (QED) is 0.809. The van der Waals surface area contributed by atoms with Crippen LogP contribution in [0, 0.1) is 6.92 Å². The summed E-state index contributed by atoms with van der Waals surface area (Å²) in [5.41, 5.74) is 8.70. The van der Waals surface area contributed by atoms with Gasteiger partial charge in [0.1, 0.15) is 0 Å². The van der Waals surface area contributed by atoms with Crippen molar-refractivity contribution in [1.82, 2.24) is 9.88 Å². The number of rotatable bonds is 1. The number of likely N-dealkylation sites (tertiary alicyclic amines) is 1. The maximum Gasteiger partial charge on any atom is 0.0678 e. The van der Waals surface area contributed by atoms with Crippen molar-refractivity contribution in [2.75, 3.05) is 6.54 Å². The molecule has 2 rings (SSSR count). The first-order chi connectivity index (χ1) is 7.89. The Labute approximate surface area is 104 Å². The fourth-order valence-electron chi connectivity index (χ4n) is 2.60. The van der Waals surface area contributed by atoms with Gasteiger partial charge in [0.05, 0.1) is 11.7 Å². The molecule has 0 saturated carbocycles. The lowest BCUT2D eigenvalue weighted by Crippen LogP contribution is -2.43. The molecule has 3 heteroatoms. The van der Waals surface area contributed by atoms with Crippen molar-refractivity contribution in [3.63, 3.8) is 0 Å². The maximum atomic E-state index is 6.25. The maximum absolute atomic E-state index is 6.25. The van der Waals surface area contributed by atoms with Crippen LogP contribution in [0.4, 0.5) is 0 Å². The van der Waals surface area contributed by atoms with Gasteiger partial charge in [-0.1, -0.05) is 6.07 Å². The van der Waals surface area contributed by atoms with E-state index in [0.717, 1.165) is 18.7 Å². The molecule has 1 aromatic rings. The molecule has 2 atom stereocenters. The average Bonchev–Trinajstić information content (AvgIpc) is 2.61. The van der Waals surface area contributed by atoms with Crippen molar-refractivity contribution in [1.29, 1.82) is 0 Å². The summed E-state index contributed by atoms with van der Waals surface area (Å²) in [5.74, 6) is 0. The molecule has 1 saturated heterocycles. The number of aromatic nitrogens is 1. The Kier molecular flexibility index (Phi) is 3.23. The van der Waals surface area contributed by atoms with E-state index in [1.165, 1.54) is 5.56 Å². The number of aryl methyl sites for hydroxylation is 1. The minimum absolute atomic E-state index is 0.144. The normalized spacial score (nSPS) is 26.4. The molecule has 0 bridgehead atoms. The summed E-state index contributed by atoms with van der Waals surface area (Å²) in [6.07, 6.45) is 2.98. The molecule has 0 amide bonds. The number of nitrogens with two attached hydrogens (primary N) is 1. The van der Waals surface area contributed by atoms with Crippen molar-refractivity contribution >= 4 is 0 Å². The number of hydrogen-bond donors (Lipinski definition) is 1. The van der Waals surface area contributed by atoms with Gasteiger partial charge in [0.25, 0.3) is 0 Å². The third-order valence-corrected chi connectivity index (χ3v) is 3.54. The SMILES string of the molecule is Cc1ccc(C2C(N)CCN2C(C)(C)C)nc1. The van der Waals surface area contributed by atoms with Crippen LogP contribution in [-0.4, -0.2) is 28.0 Å². The first-order valence-corrected chi connectivity index (χ1v) is 6.34. The van der Waals surface area contributed by atoms with E-state index in [0.29, 0.717) is 0 Å². The Hall–Kier alpha value is -0.930. The molecule has 0 aliphatic carbocycles. The Morgan fingerprint density at radius 2 is 2.06 bits per heavy atom. The lowest BCUT2D eigenvalue weighted by Gasteiger charge is -2.37. The smallest absolute Gasteiger partial charge is 0.0678 e. The van der Waals surface area contributed by atoms with Gasteiger partial charge in [0.2, 0.25) is 0 Å². The first kappa shape index (κ1) is 12.5. The standard InChI is InChI=1S/C14H23N3/c1-10-5-6-12(16-9-10)13-11(15)7-8-17(13)14(2,3)4/h5-6,9,11,13H,7-8,15H2,1-4H3. The van der Waals surface area contributed by atoms with Crippen molar-refractivity contribution in [2.24, 2.45) is 5.73 Å². The molecule has 2 N–H and O–H groups in total. The summed E-state index contributed by atoms with van der Waals surface area (Å²) >= 11 is 0. The summed E-state index contributed by atoms with van der Waals surface area (Å²) in [5, 5.41) is 0. The van der Waals surface area contributed by atoms with Crippen LogP contribution in [0.25, 0.3) is 0 Å². The van der Waals surface area contributed by atoms with Gasteiger partial charge in [-0.25, -0.2) is 0 Å². The number of nitrogens with zero attached hydrogens (tertiary/aromatic N) is 2. The van der Waals surface area contributed by atoms with Crippen molar-refractivity contribution < 1.29 is 0 Å². The van der Waals surface area contributed by atoms with E-state index in [4.69, 9.17) is 5.73 Å². The fourth-order valence-corrected chi connectivity index (χ4v) is 2.60. The van der Waals surface area contributed by atoms with Crippen LogP contribution in [-0.2, 0) is 0 Å². The van der Waals surface area contributed by atoms with E-state index >= 15 is 0 Å². The Morgan fingerprint density at radius 3 is 2.59 bits per heavy atom. The topological polar surface area (TPSA) is 42.1 Å². The second-order valence-corrected chi connectivity index (χ2v) is 6.02. The highest BCUT2D eigenvalue weighted by Crippen LogP contribution is 2.35. The van der Waals surface area contributed by atoms with Gasteiger partial charge < -0.3 is 5.73 Å². The van der Waals surface area contributed by atoms with E-state index in [1.54, 1.807) is 0 Å². The van der Waals surface area contributed by atoms with Crippen LogP contribution >= 0.6 is 0 Å². The number of pyridine rings is 1. The lowest BCUT2D eigenvalue weighted by atomic mass is 10.0. The average molecular weight is 233 g/mol. The Balaban J connectivity index is 2.31. The van der Waals surface area contributed by atoms with E-state index in [9.17, 15) is 0 Å². The van der Waals surface area contributed by atoms with Gasteiger partial charge in [-0.15, -0.1) is 0 Å². The molecular weight excluding hydrogens is 210 g/mol. The molecule has 3 nitrogen and oxygen atoms in total. The van der Waals surface area contributed by atoms with Crippen molar-refractivity contribution in [3.05, 3.63) is 29.6 Å². The molecule has 0 spiro atoms. The predicted octanol–water partition coefficient (Wildman–Crippen LogP) is 2.26. The highest BCUT2D eigenvalue weighted by atomic mass is 15.3. The molecular formula is C14H23N3. The minimum atomic E-state index is 0.144. The van der Waals surface area contributed by atoms with Gasteiger partial charge in [-0.3, -0.25) is 9.88 Å². The minimum Gasteiger partial charge on any atom is -0.326 e. The molecule has 1 aliphatic heterocycles. The van der Waals surface area contributed by atoms with Crippen LogP contribution in [0.2, 0.25) is 0 Å². The van der Waals surface area contributed by atoms with Crippen LogP contribution < -0.4 is 5.73 Å². The summed E-state index contributed by atoms with van der Waals surface area (Å²) in [6.45, 7) is 9.85. The zero-order valence-corrected chi connectivity index (χ0v) is 11.3. The summed E-state index contributed by atoms with van der Waals surface area (Å²) in [7, 11) is 0. The fraction of sp³-hybridized carbons (Fsp3) is 0.643. The third kappa shape index (κ3) is 2.50. The monoisotopic (exact) mass is 233 g/mol. The summed E-state index contributed by atoms with van der Waals surface area (Å²) < 4.78 is 0. The molecule has 94 valence electrons. The molecule has 0 radical (unpaired) electrons. The van der Waals surface area contributed by atoms with Gasteiger partial charge in [-0.05, 0) is 45.7 Å². The molecule has 1 fully saturated rings. The second-order valence-electron chi connectivity index (χ2n) is 6.02. The van der Waals surface area contributed by atoms with Gasteiger partial charge >= 0.3 is 0 Å². The second kappa shape index (κ2) is 4.39. The van der Waals surface area contributed by atoms with Crippen molar-refractivity contribution in [2.45, 2.75) is 51.7 Å². The van der Waals surface area contributed by atoms with E-state index in [-0.39, 0.29) is 17.6 Å². The van der Waals surface area contributed by atoms with Crippen LogP contribution in [0.1, 0.15) is 44.5 Å². The summed E-state index contributed by atoms with van der Waals surface area (Å²) in [6, 6.07) is 4.69. The predicted molar refractivity (Wildman–Crippen MR) is 70.8 cm³/mol. The first-order valence-electron chi connectivity index (χ1n) is 6.34. The molecule has 1 aromatic heterocycles. The zero-order valence-electron chi connectivity index (χ0n) is 11.3. The highest BCUT2D eigenvalue weighted by Gasteiger charge is 2.39. The van der Waals surface area contributed by atoms with Gasteiger partial charge in [0.15, 0.2) is 0 Å². The molecule has 0 aromatic carbocycles. The van der Waals surface area contributed by atoms with E-state index in [1.807, 2.05) is 6.20 Å². The van der Waals surface area contributed by atoms with Crippen LogP contribution in [0.5, 0.6) is 0 Å². The van der Waals surface area contributed by atoms with E-state index < -0.39 is 0 Å². The largest absolute Gasteiger partial charge is 0.326 e. The Morgan fingerprint density at radius 1 is 1.35 bits per heavy atom. The van der Waals surface area contributed by atoms with Crippen LogP contribution in [0.3, 0.4) is 0 Å². The van der Waals surface area contributed by atoms with Crippen molar-refractivity contribution in [3.8, 4) is 0 Å². The zero-order chi connectivity index (χ0) is 12.6. The van der Waals surface area contributed by atoms with Crippen LogP contribution in [0.15, 0.2) is 18.3 Å². The number of hydrogen-bond acceptors (Lipinski definition) is 3. The lowest BCUT2D eigenvalue weighted by molar-refractivity contribution is 0.114. The molecule has 1 aliphatic rings. The van der Waals surface area contributed by atoms with Gasteiger partial charge in [-0.2, -0.15) is 0 Å².